The lowest BCUT2D eigenvalue weighted by atomic mass is 10.1. The lowest BCUT2D eigenvalue weighted by molar-refractivity contribution is -0.137. The summed E-state index contributed by atoms with van der Waals surface area (Å²) >= 11 is 0. The first-order valence-corrected chi connectivity index (χ1v) is 11.0. The van der Waals surface area contributed by atoms with Crippen molar-refractivity contribution in [1.82, 2.24) is 14.7 Å². The van der Waals surface area contributed by atoms with Gasteiger partial charge in [-0.2, -0.15) is 0 Å². The number of carbonyl (C=O) groups excluding carboxylic acids is 2. The Morgan fingerprint density at radius 3 is 2.45 bits per heavy atom. The van der Waals surface area contributed by atoms with Crippen molar-refractivity contribution in [2.45, 2.75) is 26.4 Å². The standard InChI is InChI=1S/C25H31N3O3/c1-19-6-8-20(9-7-19)16-26-10-12-27(13-11-26)25(30)22-15-24(29)28(18-22)17-21-4-3-5-23(14-21)31-2/h3-9,14,22H,10-13,15-18H2,1-2H3/t22-/m0/s1. The Morgan fingerprint density at radius 1 is 1.00 bits per heavy atom. The van der Waals surface area contributed by atoms with Gasteiger partial charge in [0.05, 0.1) is 13.0 Å². The van der Waals surface area contributed by atoms with Crippen LogP contribution in [0.5, 0.6) is 5.75 Å². The highest BCUT2D eigenvalue weighted by Gasteiger charge is 2.37. The number of likely N-dealkylation sites (tertiary alicyclic amines) is 1. The molecule has 2 aliphatic rings. The number of ether oxygens (including phenoxy) is 1. The fourth-order valence-corrected chi connectivity index (χ4v) is 4.42. The summed E-state index contributed by atoms with van der Waals surface area (Å²) in [6.07, 6.45) is 0.312. The zero-order valence-corrected chi connectivity index (χ0v) is 18.4. The minimum Gasteiger partial charge on any atom is -0.497 e. The van der Waals surface area contributed by atoms with Gasteiger partial charge in [0, 0.05) is 52.2 Å². The van der Waals surface area contributed by atoms with Crippen molar-refractivity contribution < 1.29 is 14.3 Å². The Morgan fingerprint density at radius 2 is 1.74 bits per heavy atom. The van der Waals surface area contributed by atoms with Crippen LogP contribution in [0.15, 0.2) is 48.5 Å². The fraction of sp³-hybridized carbons (Fsp3) is 0.440. The zero-order valence-electron chi connectivity index (χ0n) is 18.4. The van der Waals surface area contributed by atoms with Crippen LogP contribution >= 0.6 is 0 Å². The van der Waals surface area contributed by atoms with Gasteiger partial charge in [-0.1, -0.05) is 42.0 Å². The smallest absolute Gasteiger partial charge is 0.228 e. The SMILES string of the molecule is COc1cccc(CN2C[C@@H](C(=O)N3CCN(Cc4ccc(C)cc4)CC3)CC2=O)c1. The highest BCUT2D eigenvalue weighted by atomic mass is 16.5. The van der Waals surface area contributed by atoms with Crippen LogP contribution in [0.25, 0.3) is 0 Å². The van der Waals surface area contributed by atoms with Crippen LogP contribution in [0.2, 0.25) is 0 Å². The molecule has 2 aliphatic heterocycles. The van der Waals surface area contributed by atoms with Gasteiger partial charge in [0.1, 0.15) is 5.75 Å². The van der Waals surface area contributed by atoms with Crippen molar-refractivity contribution in [3.63, 3.8) is 0 Å². The minimum atomic E-state index is -0.234. The van der Waals surface area contributed by atoms with Gasteiger partial charge in [-0.25, -0.2) is 0 Å². The molecule has 1 atom stereocenters. The summed E-state index contributed by atoms with van der Waals surface area (Å²) in [6, 6.07) is 16.4. The molecule has 2 fully saturated rings. The number of hydrogen-bond donors (Lipinski definition) is 0. The third-order valence-electron chi connectivity index (χ3n) is 6.28. The van der Waals surface area contributed by atoms with Crippen molar-refractivity contribution in [3.8, 4) is 5.75 Å². The van der Waals surface area contributed by atoms with Crippen LogP contribution in [0.4, 0.5) is 0 Å². The Kier molecular flexibility index (Phi) is 6.56. The van der Waals surface area contributed by atoms with Gasteiger partial charge in [-0.15, -0.1) is 0 Å². The first-order valence-electron chi connectivity index (χ1n) is 11.0. The quantitative estimate of drug-likeness (QED) is 0.720. The molecule has 6 heteroatoms. The molecule has 2 heterocycles. The highest BCUT2D eigenvalue weighted by Crippen LogP contribution is 2.24. The van der Waals surface area contributed by atoms with E-state index in [9.17, 15) is 9.59 Å². The second-order valence-electron chi connectivity index (χ2n) is 8.61. The molecule has 31 heavy (non-hydrogen) atoms. The number of amides is 2. The van der Waals surface area contributed by atoms with Gasteiger partial charge in [-0.05, 0) is 30.2 Å². The van der Waals surface area contributed by atoms with E-state index in [0.29, 0.717) is 19.5 Å². The second kappa shape index (κ2) is 9.52. The predicted molar refractivity (Wildman–Crippen MR) is 120 cm³/mol. The van der Waals surface area contributed by atoms with E-state index in [1.165, 1.54) is 11.1 Å². The van der Waals surface area contributed by atoms with Crippen LogP contribution in [-0.2, 0) is 22.7 Å². The zero-order chi connectivity index (χ0) is 21.8. The van der Waals surface area contributed by atoms with Crippen LogP contribution in [-0.4, -0.2) is 66.3 Å². The average molecular weight is 422 g/mol. The number of benzene rings is 2. The molecule has 0 N–H and O–H groups in total. The molecule has 2 aromatic carbocycles. The van der Waals surface area contributed by atoms with E-state index >= 15 is 0 Å². The highest BCUT2D eigenvalue weighted by molar-refractivity contribution is 5.89. The molecule has 0 aliphatic carbocycles. The van der Waals surface area contributed by atoms with E-state index in [-0.39, 0.29) is 17.7 Å². The first kappa shape index (κ1) is 21.4. The van der Waals surface area contributed by atoms with Crippen molar-refractivity contribution >= 4 is 11.8 Å². The van der Waals surface area contributed by atoms with E-state index in [4.69, 9.17) is 4.74 Å². The molecule has 164 valence electrons. The number of methoxy groups -OCH3 is 1. The molecular weight excluding hydrogens is 390 g/mol. The number of rotatable bonds is 6. The first-order chi connectivity index (χ1) is 15.0. The van der Waals surface area contributed by atoms with Gasteiger partial charge in [0.25, 0.3) is 0 Å². The molecule has 0 aromatic heterocycles. The van der Waals surface area contributed by atoms with E-state index in [1.54, 1.807) is 12.0 Å². The summed E-state index contributed by atoms with van der Waals surface area (Å²) in [7, 11) is 1.63. The lowest BCUT2D eigenvalue weighted by Crippen LogP contribution is -2.50. The summed E-state index contributed by atoms with van der Waals surface area (Å²) in [4.78, 5) is 31.7. The number of nitrogens with zero attached hydrogens (tertiary/aromatic N) is 3. The maximum Gasteiger partial charge on any atom is 0.228 e. The maximum absolute atomic E-state index is 13.1. The molecule has 0 bridgehead atoms. The molecule has 6 nitrogen and oxygen atoms in total. The van der Waals surface area contributed by atoms with E-state index < -0.39 is 0 Å². The van der Waals surface area contributed by atoms with Crippen molar-refractivity contribution in [3.05, 3.63) is 65.2 Å². The summed E-state index contributed by atoms with van der Waals surface area (Å²) in [5, 5.41) is 0. The minimum absolute atomic E-state index is 0.0548. The molecule has 0 unspecified atom stereocenters. The summed E-state index contributed by atoms with van der Waals surface area (Å²) in [5.41, 5.74) is 3.59. The molecule has 2 amide bonds. The topological polar surface area (TPSA) is 53.1 Å². The van der Waals surface area contributed by atoms with Crippen molar-refractivity contribution in [1.29, 1.82) is 0 Å². The third-order valence-corrected chi connectivity index (χ3v) is 6.28. The van der Waals surface area contributed by atoms with Crippen LogP contribution in [0.3, 0.4) is 0 Å². The number of aryl methyl sites for hydroxylation is 1. The van der Waals surface area contributed by atoms with Gasteiger partial charge < -0.3 is 14.5 Å². The van der Waals surface area contributed by atoms with E-state index in [1.807, 2.05) is 29.2 Å². The number of carbonyl (C=O) groups is 2. The molecule has 4 rings (SSSR count). The molecule has 0 radical (unpaired) electrons. The fourth-order valence-electron chi connectivity index (χ4n) is 4.42. The Labute approximate surface area is 184 Å². The Balaban J connectivity index is 1.28. The van der Waals surface area contributed by atoms with Gasteiger partial charge in [-0.3, -0.25) is 14.5 Å². The van der Waals surface area contributed by atoms with Gasteiger partial charge in [0.15, 0.2) is 0 Å². The molecule has 0 saturated carbocycles. The van der Waals surface area contributed by atoms with E-state index in [0.717, 1.165) is 44.0 Å². The summed E-state index contributed by atoms with van der Waals surface area (Å²) < 4.78 is 5.27. The monoisotopic (exact) mass is 421 g/mol. The van der Waals surface area contributed by atoms with Crippen molar-refractivity contribution in [2.24, 2.45) is 5.92 Å². The Hall–Kier alpha value is -2.86. The van der Waals surface area contributed by atoms with Crippen LogP contribution < -0.4 is 4.74 Å². The van der Waals surface area contributed by atoms with Crippen molar-refractivity contribution in [2.75, 3.05) is 39.8 Å². The largest absolute Gasteiger partial charge is 0.497 e. The summed E-state index contributed by atoms with van der Waals surface area (Å²) in [5.74, 6) is 0.720. The molecular formula is C25H31N3O3. The molecule has 0 spiro atoms. The van der Waals surface area contributed by atoms with Gasteiger partial charge >= 0.3 is 0 Å². The van der Waals surface area contributed by atoms with Crippen LogP contribution in [0, 0.1) is 12.8 Å². The lowest BCUT2D eigenvalue weighted by Gasteiger charge is -2.36. The third kappa shape index (κ3) is 5.25. The Bertz CT molecular complexity index is 920. The van der Waals surface area contributed by atoms with E-state index in [2.05, 4.69) is 36.1 Å². The normalized spacial score (nSPS) is 19.7. The predicted octanol–water partition coefficient (Wildman–Crippen LogP) is 2.70. The second-order valence-corrected chi connectivity index (χ2v) is 8.61. The van der Waals surface area contributed by atoms with Gasteiger partial charge in [0.2, 0.25) is 11.8 Å². The number of hydrogen-bond acceptors (Lipinski definition) is 4. The molecule has 2 saturated heterocycles. The number of piperazine rings is 1. The maximum atomic E-state index is 13.1. The average Bonchev–Trinajstić information content (AvgIpc) is 3.15. The molecule has 2 aromatic rings. The van der Waals surface area contributed by atoms with Crippen LogP contribution in [0.1, 0.15) is 23.1 Å². The summed E-state index contributed by atoms with van der Waals surface area (Å²) in [6.45, 7) is 7.22.